The fraction of sp³-hybridized carbons (Fsp3) is 0.700. The normalized spacial score (nSPS) is 16.6. The molecule has 15 heavy (non-hydrogen) atoms. The zero-order valence-electron chi connectivity index (χ0n) is 9.06. The van der Waals surface area contributed by atoms with Gasteiger partial charge in [0, 0.05) is 12.0 Å². The molecular formula is C10H18O5. The second-order valence-electron chi connectivity index (χ2n) is 3.46. The molecule has 0 radical (unpaired) electrons. The molecule has 3 N–H and O–H groups in total. The molecular weight excluding hydrogens is 200 g/mol. The predicted molar refractivity (Wildman–Crippen MR) is 53.9 cm³/mol. The molecule has 5 nitrogen and oxygen atoms in total. The fourth-order valence-corrected chi connectivity index (χ4v) is 1.03. The second-order valence-corrected chi connectivity index (χ2v) is 3.46. The van der Waals surface area contributed by atoms with Gasteiger partial charge in [-0.15, -0.1) is 0 Å². The van der Waals surface area contributed by atoms with Crippen LogP contribution in [0.1, 0.15) is 26.7 Å². The van der Waals surface area contributed by atoms with Crippen molar-refractivity contribution in [3.63, 3.8) is 0 Å². The van der Waals surface area contributed by atoms with Crippen molar-refractivity contribution >= 4 is 5.97 Å². The second kappa shape index (κ2) is 5.85. The van der Waals surface area contributed by atoms with E-state index in [1.165, 1.54) is 6.92 Å². The van der Waals surface area contributed by atoms with Gasteiger partial charge in [-0.2, -0.15) is 0 Å². The lowest BCUT2D eigenvalue weighted by Gasteiger charge is -2.31. The van der Waals surface area contributed by atoms with E-state index in [0.29, 0.717) is 6.42 Å². The van der Waals surface area contributed by atoms with Crippen molar-refractivity contribution in [2.24, 2.45) is 0 Å². The number of ether oxygens (including phenoxy) is 1. The number of carbonyl (C=O) groups is 1. The highest BCUT2D eigenvalue weighted by Crippen LogP contribution is 2.20. The summed E-state index contributed by atoms with van der Waals surface area (Å²) in [4.78, 5) is 11.2. The van der Waals surface area contributed by atoms with Gasteiger partial charge in [0.2, 0.25) is 5.79 Å². The van der Waals surface area contributed by atoms with E-state index in [9.17, 15) is 15.0 Å². The van der Waals surface area contributed by atoms with Gasteiger partial charge in [-0.3, -0.25) is 0 Å². The van der Waals surface area contributed by atoms with Gasteiger partial charge in [-0.05, 0) is 13.3 Å². The summed E-state index contributed by atoms with van der Waals surface area (Å²) in [5.74, 6) is -2.84. The van der Waals surface area contributed by atoms with Crippen LogP contribution in [0.15, 0.2) is 12.2 Å². The third-order valence-electron chi connectivity index (χ3n) is 1.92. The minimum Gasteiger partial charge on any atom is -0.427 e. The van der Waals surface area contributed by atoms with Crippen LogP contribution in [0, 0.1) is 0 Å². The summed E-state index contributed by atoms with van der Waals surface area (Å²) in [7, 11) is 0. The Balaban J connectivity index is 4.64. The molecule has 0 aromatic rings. The Hall–Kier alpha value is -0.910. The zero-order valence-corrected chi connectivity index (χ0v) is 9.06. The Kier molecular flexibility index (Phi) is 5.49. The monoisotopic (exact) mass is 218 g/mol. The van der Waals surface area contributed by atoms with Crippen LogP contribution in [0.25, 0.3) is 0 Å². The highest BCUT2D eigenvalue weighted by atomic mass is 16.7. The highest BCUT2D eigenvalue weighted by molar-refractivity contribution is 5.87. The first-order valence-corrected chi connectivity index (χ1v) is 4.77. The van der Waals surface area contributed by atoms with Gasteiger partial charge in [0.1, 0.15) is 6.10 Å². The molecule has 0 rings (SSSR count). The number of hydrogen-bond donors (Lipinski definition) is 3. The van der Waals surface area contributed by atoms with Crippen molar-refractivity contribution in [3.8, 4) is 0 Å². The Morgan fingerprint density at radius 3 is 2.47 bits per heavy atom. The third-order valence-corrected chi connectivity index (χ3v) is 1.92. The van der Waals surface area contributed by atoms with Crippen LogP contribution in [0.5, 0.6) is 0 Å². The summed E-state index contributed by atoms with van der Waals surface area (Å²) in [6.45, 7) is 5.86. The van der Waals surface area contributed by atoms with E-state index < -0.39 is 24.5 Å². The summed E-state index contributed by atoms with van der Waals surface area (Å²) in [6.07, 6.45) is -0.967. The molecule has 88 valence electrons. The van der Waals surface area contributed by atoms with Gasteiger partial charge in [0.25, 0.3) is 0 Å². The molecule has 2 atom stereocenters. The molecule has 0 spiro atoms. The van der Waals surface area contributed by atoms with Gasteiger partial charge in [-0.25, -0.2) is 4.79 Å². The van der Waals surface area contributed by atoms with Crippen molar-refractivity contribution in [1.82, 2.24) is 0 Å². The Bertz CT molecular complexity index is 238. The standard InChI is InChI=1S/C10H18O5/c1-4-5-10(14,8(12)6-11)15-9(13)7(2)3/h8,11-12,14H,2,4-6H2,1,3H3. The van der Waals surface area contributed by atoms with Gasteiger partial charge in [0.05, 0.1) is 6.61 Å². The van der Waals surface area contributed by atoms with Gasteiger partial charge < -0.3 is 20.1 Å². The minimum atomic E-state index is -2.04. The van der Waals surface area contributed by atoms with E-state index in [1.807, 2.05) is 0 Å². The van der Waals surface area contributed by atoms with Crippen LogP contribution in [0.3, 0.4) is 0 Å². The largest absolute Gasteiger partial charge is 0.427 e. The van der Waals surface area contributed by atoms with Crippen molar-refractivity contribution in [2.75, 3.05) is 6.61 Å². The third kappa shape index (κ3) is 3.99. The molecule has 0 saturated carbocycles. The number of aliphatic hydroxyl groups excluding tert-OH is 2. The van der Waals surface area contributed by atoms with Crippen LogP contribution in [0.2, 0.25) is 0 Å². The van der Waals surface area contributed by atoms with Crippen LogP contribution in [-0.2, 0) is 9.53 Å². The molecule has 0 amide bonds. The Morgan fingerprint density at radius 2 is 2.13 bits per heavy atom. The van der Waals surface area contributed by atoms with Crippen LogP contribution in [0.4, 0.5) is 0 Å². The molecule has 0 aliphatic heterocycles. The number of carbonyl (C=O) groups excluding carboxylic acids is 1. The van der Waals surface area contributed by atoms with E-state index in [1.54, 1.807) is 6.92 Å². The average molecular weight is 218 g/mol. The predicted octanol–water partition coefficient (Wildman–Crippen LogP) is -0.0524. The molecule has 0 aliphatic rings. The van der Waals surface area contributed by atoms with Gasteiger partial charge >= 0.3 is 5.97 Å². The number of rotatable bonds is 6. The van der Waals surface area contributed by atoms with Crippen molar-refractivity contribution in [3.05, 3.63) is 12.2 Å². The quantitative estimate of drug-likeness (QED) is 0.330. The van der Waals surface area contributed by atoms with E-state index in [2.05, 4.69) is 6.58 Å². The van der Waals surface area contributed by atoms with Crippen LogP contribution in [-0.4, -0.2) is 39.8 Å². The van der Waals surface area contributed by atoms with Crippen LogP contribution >= 0.6 is 0 Å². The smallest absolute Gasteiger partial charge is 0.335 e. The SMILES string of the molecule is C=C(C)C(=O)OC(O)(CCC)C(O)CO. The average Bonchev–Trinajstić information content (AvgIpc) is 2.16. The highest BCUT2D eigenvalue weighted by Gasteiger charge is 2.38. The summed E-state index contributed by atoms with van der Waals surface area (Å²) in [6, 6.07) is 0. The summed E-state index contributed by atoms with van der Waals surface area (Å²) >= 11 is 0. The first-order chi connectivity index (χ1) is 6.87. The van der Waals surface area contributed by atoms with Crippen LogP contribution < -0.4 is 0 Å². The van der Waals surface area contributed by atoms with E-state index in [-0.39, 0.29) is 12.0 Å². The first kappa shape index (κ1) is 14.1. The lowest BCUT2D eigenvalue weighted by molar-refractivity contribution is -0.253. The fourth-order valence-electron chi connectivity index (χ4n) is 1.03. The maximum Gasteiger partial charge on any atom is 0.335 e. The van der Waals surface area contributed by atoms with Crippen molar-refractivity contribution < 1.29 is 24.9 Å². The van der Waals surface area contributed by atoms with E-state index >= 15 is 0 Å². The first-order valence-electron chi connectivity index (χ1n) is 4.77. The van der Waals surface area contributed by atoms with E-state index in [4.69, 9.17) is 9.84 Å². The van der Waals surface area contributed by atoms with Crippen molar-refractivity contribution in [1.29, 1.82) is 0 Å². The zero-order chi connectivity index (χ0) is 12.1. The number of aliphatic hydroxyl groups is 3. The molecule has 0 heterocycles. The Labute approximate surface area is 89.0 Å². The minimum absolute atomic E-state index is 0.0494. The molecule has 0 aliphatic carbocycles. The molecule has 0 fully saturated rings. The lowest BCUT2D eigenvalue weighted by Crippen LogP contribution is -2.48. The number of hydrogen-bond acceptors (Lipinski definition) is 5. The van der Waals surface area contributed by atoms with E-state index in [0.717, 1.165) is 0 Å². The molecule has 0 aromatic heterocycles. The summed E-state index contributed by atoms with van der Waals surface area (Å²) < 4.78 is 4.70. The maximum absolute atomic E-state index is 11.2. The topological polar surface area (TPSA) is 87.0 Å². The van der Waals surface area contributed by atoms with Crippen molar-refractivity contribution in [2.45, 2.75) is 38.6 Å². The molecule has 0 saturated heterocycles. The molecule has 5 heteroatoms. The number of esters is 1. The molecule has 0 bridgehead atoms. The summed E-state index contributed by atoms with van der Waals surface area (Å²) in [5, 5.41) is 27.9. The molecule has 0 aromatic carbocycles. The Morgan fingerprint density at radius 1 is 1.60 bits per heavy atom. The van der Waals surface area contributed by atoms with Gasteiger partial charge in [0.15, 0.2) is 0 Å². The van der Waals surface area contributed by atoms with Gasteiger partial charge in [-0.1, -0.05) is 13.5 Å². The maximum atomic E-state index is 11.2. The molecule has 2 unspecified atom stereocenters. The lowest BCUT2D eigenvalue weighted by atomic mass is 10.0. The summed E-state index contributed by atoms with van der Waals surface area (Å²) in [5.41, 5.74) is 0.120.